The number of aromatic nitrogens is 1. The maximum Gasteiger partial charge on any atom is 0.337 e. The second kappa shape index (κ2) is 6.84. The van der Waals surface area contributed by atoms with Crippen LogP contribution in [0.5, 0.6) is 0 Å². The van der Waals surface area contributed by atoms with Gasteiger partial charge in [0.1, 0.15) is 10.7 Å². The highest BCUT2D eigenvalue weighted by molar-refractivity contribution is 7.89. The van der Waals surface area contributed by atoms with Gasteiger partial charge in [-0.3, -0.25) is 4.98 Å². The van der Waals surface area contributed by atoms with Crippen LogP contribution in [0.25, 0.3) is 0 Å². The van der Waals surface area contributed by atoms with E-state index in [1.165, 1.54) is 6.20 Å². The van der Waals surface area contributed by atoms with Gasteiger partial charge in [-0.15, -0.1) is 0 Å². The molecule has 0 bridgehead atoms. The third-order valence-electron chi connectivity index (χ3n) is 3.16. The number of rotatable bonds is 5. The summed E-state index contributed by atoms with van der Waals surface area (Å²) in [6.45, 7) is 1.61. The van der Waals surface area contributed by atoms with Crippen LogP contribution in [0.3, 0.4) is 0 Å². The molecule has 0 saturated heterocycles. The molecule has 2 aromatic rings. The van der Waals surface area contributed by atoms with Crippen molar-refractivity contribution in [3.05, 3.63) is 59.7 Å². The minimum absolute atomic E-state index is 0.0525. The minimum atomic E-state index is -4.16. The summed E-state index contributed by atoms with van der Waals surface area (Å²) in [5.74, 6) is -1.70. The fourth-order valence-electron chi connectivity index (χ4n) is 1.95. The highest BCUT2D eigenvalue weighted by atomic mass is 32.2. The number of halogens is 1. The van der Waals surface area contributed by atoms with Crippen LogP contribution in [0, 0.1) is 5.82 Å². The Morgan fingerprint density at radius 2 is 2.09 bits per heavy atom. The summed E-state index contributed by atoms with van der Waals surface area (Å²) in [7, 11) is -3.01. The molecule has 23 heavy (non-hydrogen) atoms. The standard InChI is InChI=1S/C15H15FN2O4S/c1-10(12-4-3-7-17-9-12)18-23(20,21)14-8-11(15(19)22-2)5-6-13(14)16/h3-10,18H,1-2H3/t10-/m1/s1. The molecule has 0 fully saturated rings. The smallest absolute Gasteiger partial charge is 0.337 e. The van der Waals surface area contributed by atoms with Crippen molar-refractivity contribution in [2.24, 2.45) is 0 Å². The molecule has 0 aliphatic rings. The molecule has 8 heteroatoms. The van der Waals surface area contributed by atoms with Crippen molar-refractivity contribution < 1.29 is 22.3 Å². The normalized spacial score (nSPS) is 12.7. The number of carbonyl (C=O) groups excluding carboxylic acids is 1. The van der Waals surface area contributed by atoms with E-state index < -0.39 is 32.7 Å². The van der Waals surface area contributed by atoms with Crippen LogP contribution in [-0.4, -0.2) is 26.5 Å². The molecule has 1 aromatic carbocycles. The van der Waals surface area contributed by atoms with Gasteiger partial charge in [0.2, 0.25) is 10.0 Å². The van der Waals surface area contributed by atoms with Crippen molar-refractivity contribution in [3.63, 3.8) is 0 Å². The number of esters is 1. The Hall–Kier alpha value is -2.32. The van der Waals surface area contributed by atoms with Crippen molar-refractivity contribution in [2.75, 3.05) is 7.11 Å². The van der Waals surface area contributed by atoms with Crippen LogP contribution in [-0.2, 0) is 14.8 Å². The molecule has 1 aromatic heterocycles. The predicted molar refractivity (Wildman–Crippen MR) is 80.7 cm³/mol. The fourth-order valence-corrected chi connectivity index (χ4v) is 3.29. The largest absolute Gasteiger partial charge is 0.465 e. The van der Waals surface area contributed by atoms with E-state index in [0.29, 0.717) is 5.56 Å². The maximum absolute atomic E-state index is 13.9. The monoisotopic (exact) mass is 338 g/mol. The Kier molecular flexibility index (Phi) is 5.07. The Balaban J connectivity index is 2.34. The van der Waals surface area contributed by atoms with Gasteiger partial charge < -0.3 is 4.74 Å². The van der Waals surface area contributed by atoms with E-state index in [4.69, 9.17) is 0 Å². The number of methoxy groups -OCH3 is 1. The third kappa shape index (κ3) is 3.91. The van der Waals surface area contributed by atoms with Crippen LogP contribution in [0.4, 0.5) is 4.39 Å². The summed E-state index contributed by atoms with van der Waals surface area (Å²) in [6.07, 6.45) is 3.07. The number of hydrogen-bond donors (Lipinski definition) is 1. The van der Waals surface area contributed by atoms with Crippen molar-refractivity contribution in [1.29, 1.82) is 0 Å². The lowest BCUT2D eigenvalue weighted by molar-refractivity contribution is 0.0600. The summed E-state index contributed by atoms with van der Waals surface area (Å²) in [5, 5.41) is 0. The molecule has 0 aliphatic carbocycles. The topological polar surface area (TPSA) is 85.4 Å². The Bertz CT molecular complexity index is 809. The first-order valence-electron chi connectivity index (χ1n) is 6.65. The molecule has 0 amide bonds. The zero-order valence-corrected chi connectivity index (χ0v) is 13.3. The first-order chi connectivity index (χ1) is 10.8. The highest BCUT2D eigenvalue weighted by Crippen LogP contribution is 2.20. The Morgan fingerprint density at radius 1 is 1.35 bits per heavy atom. The number of nitrogens with zero attached hydrogens (tertiary/aromatic N) is 1. The van der Waals surface area contributed by atoms with Gasteiger partial charge in [0, 0.05) is 18.4 Å². The van der Waals surface area contributed by atoms with E-state index >= 15 is 0 Å². The molecule has 1 heterocycles. The van der Waals surface area contributed by atoms with Crippen molar-refractivity contribution in [2.45, 2.75) is 17.9 Å². The first-order valence-corrected chi connectivity index (χ1v) is 8.13. The van der Waals surface area contributed by atoms with Crippen molar-refractivity contribution >= 4 is 16.0 Å². The van der Waals surface area contributed by atoms with E-state index in [2.05, 4.69) is 14.4 Å². The second-order valence-corrected chi connectivity index (χ2v) is 6.45. The molecule has 1 atom stereocenters. The van der Waals surface area contributed by atoms with Gasteiger partial charge in [-0.05, 0) is 36.8 Å². The van der Waals surface area contributed by atoms with E-state index in [-0.39, 0.29) is 5.56 Å². The van der Waals surface area contributed by atoms with Gasteiger partial charge >= 0.3 is 5.97 Å². The zero-order valence-electron chi connectivity index (χ0n) is 12.5. The van der Waals surface area contributed by atoms with Crippen LogP contribution in [0.1, 0.15) is 28.9 Å². The van der Waals surface area contributed by atoms with Gasteiger partial charge in [0.05, 0.1) is 12.7 Å². The molecule has 0 unspecified atom stereocenters. The predicted octanol–water partition coefficient (Wildman–Crippen LogP) is 2.05. The molecule has 0 radical (unpaired) electrons. The number of nitrogens with one attached hydrogen (secondary N) is 1. The summed E-state index contributed by atoms with van der Waals surface area (Å²) < 4.78 is 45.5. The summed E-state index contributed by atoms with van der Waals surface area (Å²) in [4.78, 5) is 14.8. The van der Waals surface area contributed by atoms with Crippen molar-refractivity contribution in [1.82, 2.24) is 9.71 Å². The van der Waals surface area contributed by atoms with Crippen LogP contribution >= 0.6 is 0 Å². The first kappa shape index (κ1) is 17.0. The Labute approximate surface area is 133 Å². The van der Waals surface area contributed by atoms with Crippen LogP contribution < -0.4 is 4.72 Å². The molecule has 1 N–H and O–H groups in total. The number of ether oxygens (including phenoxy) is 1. The summed E-state index contributed by atoms with van der Waals surface area (Å²) >= 11 is 0. The van der Waals surface area contributed by atoms with Crippen molar-refractivity contribution in [3.8, 4) is 0 Å². The molecule has 2 rings (SSSR count). The average Bonchev–Trinajstić information content (AvgIpc) is 2.54. The third-order valence-corrected chi connectivity index (χ3v) is 4.71. The zero-order chi connectivity index (χ0) is 17.0. The lowest BCUT2D eigenvalue weighted by Gasteiger charge is -2.15. The maximum atomic E-state index is 13.9. The highest BCUT2D eigenvalue weighted by Gasteiger charge is 2.24. The SMILES string of the molecule is COC(=O)c1ccc(F)c(S(=O)(=O)N[C@H](C)c2cccnc2)c1. The number of benzene rings is 1. The lowest BCUT2D eigenvalue weighted by atomic mass is 10.2. The van der Waals surface area contributed by atoms with E-state index in [1.807, 2.05) is 0 Å². The van der Waals surface area contributed by atoms with Gasteiger partial charge in [-0.2, -0.15) is 0 Å². The van der Waals surface area contributed by atoms with Gasteiger partial charge in [-0.1, -0.05) is 6.07 Å². The van der Waals surface area contributed by atoms with E-state index in [1.54, 1.807) is 25.3 Å². The number of pyridine rings is 1. The molecular formula is C15H15FN2O4S. The number of hydrogen-bond acceptors (Lipinski definition) is 5. The van der Waals surface area contributed by atoms with Crippen LogP contribution in [0.2, 0.25) is 0 Å². The quantitative estimate of drug-likeness (QED) is 0.843. The number of sulfonamides is 1. The minimum Gasteiger partial charge on any atom is -0.465 e. The molecule has 0 aliphatic heterocycles. The Morgan fingerprint density at radius 3 is 2.70 bits per heavy atom. The fraction of sp³-hybridized carbons (Fsp3) is 0.200. The molecule has 0 saturated carbocycles. The summed E-state index contributed by atoms with van der Waals surface area (Å²) in [6, 6.07) is 5.76. The average molecular weight is 338 g/mol. The molecule has 0 spiro atoms. The second-order valence-electron chi connectivity index (χ2n) is 4.77. The molecular weight excluding hydrogens is 323 g/mol. The lowest BCUT2D eigenvalue weighted by Crippen LogP contribution is -2.28. The van der Waals surface area contributed by atoms with E-state index in [9.17, 15) is 17.6 Å². The molecule has 122 valence electrons. The molecule has 6 nitrogen and oxygen atoms in total. The van der Waals surface area contributed by atoms with Gasteiger partial charge in [0.25, 0.3) is 0 Å². The summed E-state index contributed by atoms with van der Waals surface area (Å²) in [5.41, 5.74) is 0.573. The van der Waals surface area contributed by atoms with Gasteiger partial charge in [-0.25, -0.2) is 22.3 Å². The number of carbonyl (C=O) groups is 1. The van der Waals surface area contributed by atoms with E-state index in [0.717, 1.165) is 25.3 Å². The van der Waals surface area contributed by atoms with Crippen LogP contribution in [0.15, 0.2) is 47.6 Å². The van der Waals surface area contributed by atoms with Gasteiger partial charge in [0.15, 0.2) is 0 Å².